The number of hydrazine groups is 1. The fourth-order valence-electron chi connectivity index (χ4n) is 3.72. The molecule has 1 fully saturated rings. The van der Waals surface area contributed by atoms with Crippen molar-refractivity contribution < 1.29 is 22.7 Å². The van der Waals surface area contributed by atoms with E-state index >= 15 is 0 Å². The lowest BCUT2D eigenvalue weighted by molar-refractivity contribution is -0.125. The maximum Gasteiger partial charge on any atom is 0.242 e. The van der Waals surface area contributed by atoms with Gasteiger partial charge in [-0.05, 0) is 29.3 Å². The normalized spacial score (nSPS) is 20.6. The molecule has 4 rings (SSSR count). The first-order chi connectivity index (χ1) is 14.9. The van der Waals surface area contributed by atoms with Crippen molar-refractivity contribution in [3.05, 3.63) is 53.6 Å². The number of ether oxygens (including phenoxy) is 2. The average Bonchev–Trinajstić information content (AvgIpc) is 3.27. The number of nitrogens with zero attached hydrogens (tertiary/aromatic N) is 1. The van der Waals surface area contributed by atoms with E-state index in [2.05, 4.69) is 16.2 Å². The zero-order valence-electron chi connectivity index (χ0n) is 17.4. The molecule has 0 saturated carbocycles. The molecule has 0 aliphatic carbocycles. The first-order valence-electron chi connectivity index (χ1n) is 10.0. The topological polar surface area (TPSA) is 109 Å². The van der Waals surface area contributed by atoms with E-state index in [0.717, 1.165) is 9.87 Å². The first kappa shape index (κ1) is 21.6. The standard InChI is InChI=1S/C21H26N4O5S/c1-25(2)31(27,28)19-6-4-3-5-15(19)12-22-21(26)16-13-23-24-20(16)14-7-8-17-18(11-14)30-10-9-29-17/h3-8,11,16,20,23-24H,9-10,12-13H2,1-2H3,(H,22,26). The summed E-state index contributed by atoms with van der Waals surface area (Å²) in [4.78, 5) is 13.2. The van der Waals surface area contributed by atoms with Gasteiger partial charge in [-0.2, -0.15) is 0 Å². The summed E-state index contributed by atoms with van der Waals surface area (Å²) in [7, 11) is -0.636. The van der Waals surface area contributed by atoms with Crippen LogP contribution in [0.3, 0.4) is 0 Å². The van der Waals surface area contributed by atoms with E-state index < -0.39 is 10.0 Å². The molecule has 2 atom stereocenters. The van der Waals surface area contributed by atoms with E-state index in [9.17, 15) is 13.2 Å². The van der Waals surface area contributed by atoms with Crippen molar-refractivity contribution in [3.8, 4) is 11.5 Å². The number of sulfonamides is 1. The number of hydrogen-bond donors (Lipinski definition) is 3. The minimum atomic E-state index is -3.61. The molecule has 2 unspecified atom stereocenters. The van der Waals surface area contributed by atoms with Gasteiger partial charge in [0.05, 0.1) is 16.9 Å². The highest BCUT2D eigenvalue weighted by atomic mass is 32.2. The molecule has 1 saturated heterocycles. The Bertz CT molecular complexity index is 1070. The van der Waals surface area contributed by atoms with Gasteiger partial charge in [-0.15, -0.1) is 0 Å². The Morgan fingerprint density at radius 1 is 1.13 bits per heavy atom. The van der Waals surface area contributed by atoms with Crippen molar-refractivity contribution in [2.45, 2.75) is 17.5 Å². The van der Waals surface area contributed by atoms with Gasteiger partial charge < -0.3 is 14.8 Å². The lowest BCUT2D eigenvalue weighted by Gasteiger charge is -2.23. The molecule has 166 valence electrons. The molecule has 2 aromatic rings. The van der Waals surface area contributed by atoms with Crippen LogP contribution in [-0.4, -0.2) is 52.5 Å². The summed E-state index contributed by atoms with van der Waals surface area (Å²) in [6.45, 7) is 1.58. The Morgan fingerprint density at radius 2 is 1.87 bits per heavy atom. The highest BCUT2D eigenvalue weighted by Crippen LogP contribution is 2.35. The number of amides is 1. The summed E-state index contributed by atoms with van der Waals surface area (Å²) in [6.07, 6.45) is 0. The zero-order chi connectivity index (χ0) is 22.0. The minimum Gasteiger partial charge on any atom is -0.486 e. The molecule has 0 spiro atoms. The van der Waals surface area contributed by atoms with Crippen molar-refractivity contribution in [2.24, 2.45) is 5.92 Å². The summed E-state index contributed by atoms with van der Waals surface area (Å²) in [5.74, 6) is 0.815. The van der Waals surface area contributed by atoms with Crippen LogP contribution in [0.5, 0.6) is 11.5 Å². The predicted octanol–water partition coefficient (Wildman–Crippen LogP) is 0.790. The molecule has 2 heterocycles. The molecule has 9 nitrogen and oxygen atoms in total. The smallest absolute Gasteiger partial charge is 0.242 e. The average molecular weight is 447 g/mol. The molecular formula is C21H26N4O5S. The zero-order valence-corrected chi connectivity index (χ0v) is 18.2. The SMILES string of the molecule is CN(C)S(=O)(=O)c1ccccc1CNC(=O)C1CNNC1c1ccc2c(c1)OCCO2. The third kappa shape index (κ3) is 4.38. The van der Waals surface area contributed by atoms with Gasteiger partial charge in [-0.25, -0.2) is 18.1 Å². The molecule has 0 bridgehead atoms. The molecule has 3 N–H and O–H groups in total. The van der Waals surface area contributed by atoms with E-state index in [0.29, 0.717) is 36.8 Å². The van der Waals surface area contributed by atoms with Crippen LogP contribution in [0.4, 0.5) is 0 Å². The van der Waals surface area contributed by atoms with Crippen LogP contribution in [0.25, 0.3) is 0 Å². The number of rotatable bonds is 6. The number of nitrogens with one attached hydrogen (secondary N) is 3. The molecule has 2 aliphatic heterocycles. The number of fused-ring (bicyclic) bond motifs is 1. The lowest BCUT2D eigenvalue weighted by atomic mass is 9.93. The van der Waals surface area contributed by atoms with Crippen LogP contribution in [0, 0.1) is 5.92 Å². The van der Waals surface area contributed by atoms with Gasteiger partial charge in [-0.3, -0.25) is 10.2 Å². The highest BCUT2D eigenvalue weighted by Gasteiger charge is 2.34. The van der Waals surface area contributed by atoms with Crippen LogP contribution in [0.1, 0.15) is 17.2 Å². The van der Waals surface area contributed by atoms with Gasteiger partial charge in [0.1, 0.15) is 13.2 Å². The van der Waals surface area contributed by atoms with Gasteiger partial charge in [0.2, 0.25) is 15.9 Å². The molecule has 2 aromatic carbocycles. The Labute approximate surface area is 181 Å². The monoisotopic (exact) mass is 446 g/mol. The highest BCUT2D eigenvalue weighted by molar-refractivity contribution is 7.89. The van der Waals surface area contributed by atoms with Gasteiger partial charge in [0.25, 0.3) is 0 Å². The summed E-state index contributed by atoms with van der Waals surface area (Å²) in [5, 5.41) is 2.90. The maximum atomic E-state index is 13.0. The molecule has 0 aromatic heterocycles. The summed E-state index contributed by atoms with van der Waals surface area (Å²) in [6, 6.07) is 12.1. The Hall–Kier alpha value is -2.66. The van der Waals surface area contributed by atoms with Crippen molar-refractivity contribution in [3.63, 3.8) is 0 Å². The van der Waals surface area contributed by atoms with Crippen molar-refractivity contribution in [2.75, 3.05) is 33.9 Å². The largest absolute Gasteiger partial charge is 0.486 e. The van der Waals surface area contributed by atoms with E-state index in [-0.39, 0.29) is 29.3 Å². The fraction of sp³-hybridized carbons (Fsp3) is 0.381. The third-order valence-electron chi connectivity index (χ3n) is 5.43. The van der Waals surface area contributed by atoms with Gasteiger partial charge >= 0.3 is 0 Å². The Kier molecular flexibility index (Phi) is 6.15. The van der Waals surface area contributed by atoms with Crippen LogP contribution < -0.4 is 25.6 Å². The third-order valence-corrected chi connectivity index (χ3v) is 7.34. The van der Waals surface area contributed by atoms with Crippen molar-refractivity contribution in [1.82, 2.24) is 20.5 Å². The van der Waals surface area contributed by atoms with Crippen LogP contribution in [0.15, 0.2) is 47.4 Å². The molecule has 2 aliphatic rings. The second-order valence-electron chi connectivity index (χ2n) is 7.63. The number of benzene rings is 2. The van der Waals surface area contributed by atoms with E-state index in [4.69, 9.17) is 9.47 Å². The molecule has 1 amide bonds. The first-order valence-corrected chi connectivity index (χ1v) is 11.5. The summed E-state index contributed by atoms with van der Waals surface area (Å²) in [5.41, 5.74) is 7.64. The molecule has 31 heavy (non-hydrogen) atoms. The van der Waals surface area contributed by atoms with Gasteiger partial charge in [-0.1, -0.05) is 24.3 Å². The maximum absolute atomic E-state index is 13.0. The Morgan fingerprint density at radius 3 is 2.65 bits per heavy atom. The number of hydrogen-bond acceptors (Lipinski definition) is 7. The minimum absolute atomic E-state index is 0.117. The second kappa shape index (κ2) is 8.83. The van der Waals surface area contributed by atoms with Crippen molar-refractivity contribution in [1.29, 1.82) is 0 Å². The number of carbonyl (C=O) groups is 1. The van der Waals surface area contributed by atoms with Crippen LogP contribution >= 0.6 is 0 Å². The second-order valence-corrected chi connectivity index (χ2v) is 9.75. The van der Waals surface area contributed by atoms with Crippen LogP contribution in [-0.2, 0) is 21.4 Å². The predicted molar refractivity (Wildman–Crippen MR) is 114 cm³/mol. The van der Waals surface area contributed by atoms with Gasteiger partial charge in [0, 0.05) is 27.2 Å². The molecule has 10 heteroatoms. The molecule has 0 radical (unpaired) electrons. The quantitative estimate of drug-likeness (QED) is 0.602. The van der Waals surface area contributed by atoms with Crippen molar-refractivity contribution >= 4 is 15.9 Å². The van der Waals surface area contributed by atoms with E-state index in [1.54, 1.807) is 24.3 Å². The van der Waals surface area contributed by atoms with E-state index in [1.807, 2.05) is 18.2 Å². The van der Waals surface area contributed by atoms with Crippen LogP contribution in [0.2, 0.25) is 0 Å². The molecular weight excluding hydrogens is 420 g/mol. The Balaban J connectivity index is 1.48. The lowest BCUT2D eigenvalue weighted by Crippen LogP contribution is -2.35. The summed E-state index contributed by atoms with van der Waals surface area (Å²) >= 11 is 0. The fourth-order valence-corrected chi connectivity index (χ4v) is 4.84. The summed E-state index contributed by atoms with van der Waals surface area (Å²) < 4.78 is 37.5. The number of carbonyl (C=O) groups excluding carboxylic acids is 1. The van der Waals surface area contributed by atoms with E-state index in [1.165, 1.54) is 14.1 Å². The van der Waals surface area contributed by atoms with Gasteiger partial charge in [0.15, 0.2) is 11.5 Å².